The summed E-state index contributed by atoms with van der Waals surface area (Å²) in [6.45, 7) is 4.59. The van der Waals surface area contributed by atoms with Gasteiger partial charge in [-0.3, -0.25) is 9.59 Å². The van der Waals surface area contributed by atoms with Crippen LogP contribution in [0.5, 0.6) is 0 Å². The van der Waals surface area contributed by atoms with Gasteiger partial charge >= 0.3 is 5.97 Å². The standard InChI is InChI=1S/C29H40N2O4S/c1-21(27(32)30-19-17-23-11-5-3-6-12-23)35-29(34)25-15-9-10-16-26(25)36-22(2)28(33)31-20-18-24-13-7-4-8-14-24/h9-11,13,15-16,21-22H,3-8,12,14,17-20H2,1-2H3,(H,30,32)(H,31,33)/t21-,22-/m1/s1. The second-order valence-corrected chi connectivity index (χ2v) is 11.0. The lowest BCUT2D eigenvalue weighted by molar-refractivity contribution is -0.129. The summed E-state index contributed by atoms with van der Waals surface area (Å²) in [5.74, 6) is -0.918. The molecule has 2 N–H and O–H groups in total. The molecule has 0 fully saturated rings. The lowest BCUT2D eigenvalue weighted by Crippen LogP contribution is -2.36. The van der Waals surface area contributed by atoms with Gasteiger partial charge in [-0.05, 0) is 90.2 Å². The molecule has 6 nitrogen and oxygen atoms in total. The Morgan fingerprint density at radius 2 is 1.44 bits per heavy atom. The zero-order chi connectivity index (χ0) is 25.8. The molecule has 7 heteroatoms. The number of ether oxygens (including phenoxy) is 1. The molecule has 0 bridgehead atoms. The van der Waals surface area contributed by atoms with Crippen LogP contribution in [-0.4, -0.2) is 42.2 Å². The van der Waals surface area contributed by atoms with Crippen molar-refractivity contribution in [3.63, 3.8) is 0 Å². The minimum atomic E-state index is -0.897. The zero-order valence-electron chi connectivity index (χ0n) is 21.6. The van der Waals surface area contributed by atoms with E-state index in [0.717, 1.165) is 38.5 Å². The molecule has 196 valence electrons. The zero-order valence-corrected chi connectivity index (χ0v) is 22.5. The number of allylic oxidation sites excluding steroid dienone is 2. The third-order valence-corrected chi connectivity index (χ3v) is 7.87. The molecule has 0 aliphatic heterocycles. The van der Waals surface area contributed by atoms with Gasteiger partial charge in [0.05, 0.1) is 10.8 Å². The second-order valence-electron chi connectivity index (χ2n) is 9.60. The fourth-order valence-corrected chi connectivity index (χ4v) is 5.51. The van der Waals surface area contributed by atoms with Crippen molar-refractivity contribution in [3.05, 3.63) is 53.1 Å². The smallest absolute Gasteiger partial charge is 0.340 e. The molecule has 0 heterocycles. The Morgan fingerprint density at radius 3 is 2.03 bits per heavy atom. The third-order valence-electron chi connectivity index (χ3n) is 6.69. The summed E-state index contributed by atoms with van der Waals surface area (Å²) in [5, 5.41) is 5.52. The van der Waals surface area contributed by atoms with Crippen molar-refractivity contribution in [2.45, 2.75) is 94.3 Å². The number of benzene rings is 1. The quantitative estimate of drug-likeness (QED) is 0.212. The highest BCUT2D eigenvalue weighted by atomic mass is 32.2. The Bertz CT molecular complexity index is 972. The normalized spacial score (nSPS) is 17.3. The molecule has 2 amide bonds. The van der Waals surface area contributed by atoms with Crippen molar-refractivity contribution >= 4 is 29.5 Å². The van der Waals surface area contributed by atoms with E-state index in [1.807, 2.05) is 13.0 Å². The first-order chi connectivity index (χ1) is 17.4. The van der Waals surface area contributed by atoms with Crippen molar-refractivity contribution in [1.82, 2.24) is 10.6 Å². The van der Waals surface area contributed by atoms with Crippen LogP contribution in [0.25, 0.3) is 0 Å². The maximum atomic E-state index is 12.9. The molecule has 0 aromatic heterocycles. The van der Waals surface area contributed by atoms with Gasteiger partial charge in [0.25, 0.3) is 5.91 Å². The largest absolute Gasteiger partial charge is 0.449 e. The summed E-state index contributed by atoms with van der Waals surface area (Å²) < 4.78 is 5.47. The number of hydrogen-bond acceptors (Lipinski definition) is 5. The summed E-state index contributed by atoms with van der Waals surface area (Å²) in [6.07, 6.45) is 14.8. The second kappa shape index (κ2) is 14.9. The molecule has 2 aliphatic rings. The maximum Gasteiger partial charge on any atom is 0.340 e. The molecule has 3 rings (SSSR count). The first-order valence-electron chi connectivity index (χ1n) is 13.3. The van der Waals surface area contributed by atoms with Gasteiger partial charge in [0, 0.05) is 18.0 Å². The highest BCUT2D eigenvalue weighted by Crippen LogP contribution is 2.28. The molecule has 2 atom stereocenters. The van der Waals surface area contributed by atoms with Gasteiger partial charge in [-0.1, -0.05) is 35.4 Å². The minimum absolute atomic E-state index is 0.0552. The van der Waals surface area contributed by atoms with Crippen molar-refractivity contribution < 1.29 is 19.1 Å². The number of carbonyl (C=O) groups excluding carboxylic acids is 3. The van der Waals surface area contributed by atoms with Gasteiger partial charge in [-0.25, -0.2) is 4.79 Å². The molecule has 0 saturated carbocycles. The van der Waals surface area contributed by atoms with Crippen molar-refractivity contribution in [3.8, 4) is 0 Å². The van der Waals surface area contributed by atoms with Crippen molar-refractivity contribution in [2.75, 3.05) is 13.1 Å². The average molecular weight is 513 g/mol. The summed E-state index contributed by atoms with van der Waals surface area (Å²) >= 11 is 1.32. The van der Waals surface area contributed by atoms with Crippen LogP contribution < -0.4 is 10.6 Å². The van der Waals surface area contributed by atoms with Gasteiger partial charge in [0.2, 0.25) is 5.91 Å². The van der Waals surface area contributed by atoms with Gasteiger partial charge in [0.1, 0.15) is 0 Å². The predicted octanol–water partition coefficient (Wildman–Crippen LogP) is 5.73. The summed E-state index contributed by atoms with van der Waals surface area (Å²) in [4.78, 5) is 38.6. The number of hydrogen-bond donors (Lipinski definition) is 2. The molecular formula is C29H40N2O4S. The highest BCUT2D eigenvalue weighted by molar-refractivity contribution is 8.00. The van der Waals surface area contributed by atoms with E-state index in [9.17, 15) is 14.4 Å². The Balaban J connectivity index is 1.46. The first-order valence-corrected chi connectivity index (χ1v) is 14.2. The van der Waals surface area contributed by atoms with Crippen LogP contribution in [0.1, 0.15) is 88.4 Å². The van der Waals surface area contributed by atoms with Crippen LogP contribution in [0.2, 0.25) is 0 Å². The summed E-state index contributed by atoms with van der Waals surface area (Å²) in [7, 11) is 0. The number of nitrogens with one attached hydrogen (secondary N) is 2. The number of thioether (sulfide) groups is 1. The summed E-state index contributed by atoms with van der Waals surface area (Å²) in [6, 6.07) is 7.06. The molecule has 0 saturated heterocycles. The average Bonchev–Trinajstić information content (AvgIpc) is 2.90. The van der Waals surface area contributed by atoms with E-state index in [-0.39, 0.29) is 17.1 Å². The molecule has 1 aromatic carbocycles. The van der Waals surface area contributed by atoms with E-state index in [2.05, 4.69) is 22.8 Å². The summed E-state index contributed by atoms with van der Waals surface area (Å²) in [5.41, 5.74) is 3.18. The number of amides is 2. The highest BCUT2D eigenvalue weighted by Gasteiger charge is 2.23. The number of rotatable bonds is 12. The van der Waals surface area contributed by atoms with Crippen LogP contribution in [0.15, 0.2) is 52.5 Å². The van der Waals surface area contributed by atoms with E-state index in [0.29, 0.717) is 23.5 Å². The topological polar surface area (TPSA) is 84.5 Å². The van der Waals surface area contributed by atoms with Crippen LogP contribution >= 0.6 is 11.8 Å². The van der Waals surface area contributed by atoms with Crippen molar-refractivity contribution in [1.29, 1.82) is 0 Å². The molecule has 0 spiro atoms. The Morgan fingerprint density at radius 1 is 0.861 bits per heavy atom. The van der Waals surface area contributed by atoms with Crippen LogP contribution in [0.4, 0.5) is 0 Å². The van der Waals surface area contributed by atoms with E-state index < -0.39 is 12.1 Å². The molecular weight excluding hydrogens is 472 g/mol. The maximum absolute atomic E-state index is 12.9. The van der Waals surface area contributed by atoms with E-state index >= 15 is 0 Å². The van der Waals surface area contributed by atoms with Crippen molar-refractivity contribution in [2.24, 2.45) is 0 Å². The van der Waals surface area contributed by atoms with E-state index in [1.54, 1.807) is 25.1 Å². The Kier molecular flexibility index (Phi) is 11.6. The third kappa shape index (κ3) is 9.16. The van der Waals surface area contributed by atoms with Crippen LogP contribution in [0.3, 0.4) is 0 Å². The molecule has 2 aliphatic carbocycles. The number of carbonyl (C=O) groups is 3. The number of esters is 1. The fraction of sp³-hybridized carbons (Fsp3) is 0.552. The van der Waals surface area contributed by atoms with Crippen LogP contribution in [0, 0.1) is 0 Å². The van der Waals surface area contributed by atoms with Gasteiger partial charge in [-0.2, -0.15) is 0 Å². The van der Waals surface area contributed by atoms with Gasteiger partial charge in [0.15, 0.2) is 6.10 Å². The lowest BCUT2D eigenvalue weighted by Gasteiger charge is -2.17. The lowest BCUT2D eigenvalue weighted by atomic mass is 9.97. The molecule has 36 heavy (non-hydrogen) atoms. The Hall–Kier alpha value is -2.54. The predicted molar refractivity (Wildman–Crippen MR) is 145 cm³/mol. The molecule has 0 radical (unpaired) electrons. The molecule has 1 aromatic rings. The Labute approximate surface area is 219 Å². The van der Waals surface area contributed by atoms with Gasteiger partial charge in [-0.15, -0.1) is 11.8 Å². The van der Waals surface area contributed by atoms with E-state index in [4.69, 9.17) is 4.74 Å². The fourth-order valence-electron chi connectivity index (χ4n) is 4.50. The SMILES string of the molecule is C[C@@H](OC(=O)c1ccccc1S[C@H](C)C(=O)NCCC1=CCCCC1)C(=O)NCCC1=CCCCC1. The monoisotopic (exact) mass is 512 g/mol. The minimum Gasteiger partial charge on any atom is -0.449 e. The first kappa shape index (κ1) is 28.0. The van der Waals surface area contributed by atoms with Gasteiger partial charge < -0.3 is 15.4 Å². The molecule has 0 unspecified atom stereocenters. The van der Waals surface area contributed by atoms with Crippen LogP contribution in [-0.2, 0) is 14.3 Å². The van der Waals surface area contributed by atoms with E-state index in [1.165, 1.54) is 48.6 Å².